The second-order valence-corrected chi connectivity index (χ2v) is 5.73. The summed E-state index contributed by atoms with van der Waals surface area (Å²) in [7, 11) is -1.14. The summed E-state index contributed by atoms with van der Waals surface area (Å²) in [4.78, 5) is 4.92. The molecule has 0 amide bonds. The minimum absolute atomic E-state index is 0.172. The first-order valence-corrected chi connectivity index (χ1v) is 6.38. The standard InChI is InChI=1S/C8H17NO3S/c1-9-12-6-5-8-4-2-3-7-13(8,10)11/h8-9H,2-7H2,1H3. The van der Waals surface area contributed by atoms with E-state index in [-0.39, 0.29) is 5.25 Å². The van der Waals surface area contributed by atoms with E-state index >= 15 is 0 Å². The van der Waals surface area contributed by atoms with Gasteiger partial charge in [-0.3, -0.25) is 0 Å². The Morgan fingerprint density at radius 2 is 2.23 bits per heavy atom. The van der Waals surface area contributed by atoms with Crippen LogP contribution >= 0.6 is 0 Å². The van der Waals surface area contributed by atoms with Gasteiger partial charge in [-0.25, -0.2) is 13.9 Å². The molecule has 1 aliphatic rings. The number of nitrogens with one attached hydrogen (secondary N) is 1. The van der Waals surface area contributed by atoms with E-state index < -0.39 is 9.84 Å². The highest BCUT2D eigenvalue weighted by atomic mass is 32.2. The topological polar surface area (TPSA) is 55.4 Å². The fourth-order valence-corrected chi connectivity index (χ4v) is 3.56. The first-order valence-electron chi connectivity index (χ1n) is 4.67. The van der Waals surface area contributed by atoms with Crippen LogP contribution in [-0.4, -0.2) is 33.1 Å². The summed E-state index contributed by atoms with van der Waals surface area (Å²) >= 11 is 0. The van der Waals surface area contributed by atoms with Crippen molar-refractivity contribution in [1.82, 2.24) is 5.48 Å². The molecule has 1 saturated heterocycles. The lowest BCUT2D eigenvalue weighted by molar-refractivity contribution is 0.0553. The lowest BCUT2D eigenvalue weighted by atomic mass is 10.1. The molecular formula is C8H17NO3S. The number of sulfone groups is 1. The van der Waals surface area contributed by atoms with Gasteiger partial charge in [-0.15, -0.1) is 0 Å². The molecule has 13 heavy (non-hydrogen) atoms. The number of hydroxylamine groups is 1. The van der Waals surface area contributed by atoms with E-state index in [1.54, 1.807) is 7.05 Å². The van der Waals surface area contributed by atoms with Gasteiger partial charge in [0.25, 0.3) is 0 Å². The summed E-state index contributed by atoms with van der Waals surface area (Å²) < 4.78 is 23.0. The SMILES string of the molecule is CNOCCC1CCCCS1(=O)=O. The highest BCUT2D eigenvalue weighted by Gasteiger charge is 2.28. The molecule has 1 unspecified atom stereocenters. The lowest BCUT2D eigenvalue weighted by Gasteiger charge is -2.21. The fourth-order valence-electron chi connectivity index (χ4n) is 1.64. The Morgan fingerprint density at radius 1 is 1.46 bits per heavy atom. The third-order valence-corrected chi connectivity index (χ3v) is 4.74. The molecule has 1 fully saturated rings. The molecule has 0 bridgehead atoms. The lowest BCUT2D eigenvalue weighted by Crippen LogP contribution is -2.30. The zero-order chi connectivity index (χ0) is 9.73. The third-order valence-electron chi connectivity index (χ3n) is 2.40. The first-order chi connectivity index (χ1) is 6.17. The van der Waals surface area contributed by atoms with Crippen LogP contribution in [0.4, 0.5) is 0 Å². The van der Waals surface area contributed by atoms with Gasteiger partial charge in [-0.1, -0.05) is 6.42 Å². The van der Waals surface area contributed by atoms with Crippen LogP contribution in [0.5, 0.6) is 0 Å². The Labute approximate surface area is 79.5 Å². The normalized spacial score (nSPS) is 27.3. The van der Waals surface area contributed by atoms with Crippen LogP contribution in [0.2, 0.25) is 0 Å². The van der Waals surface area contributed by atoms with E-state index in [1.165, 1.54) is 0 Å². The average Bonchev–Trinajstić information content (AvgIpc) is 2.08. The molecule has 5 heteroatoms. The molecule has 1 heterocycles. The molecule has 1 rings (SSSR count). The average molecular weight is 207 g/mol. The van der Waals surface area contributed by atoms with Crippen molar-refractivity contribution in [3.05, 3.63) is 0 Å². The van der Waals surface area contributed by atoms with Crippen LogP contribution in [-0.2, 0) is 14.7 Å². The maximum atomic E-state index is 11.5. The molecule has 4 nitrogen and oxygen atoms in total. The maximum absolute atomic E-state index is 11.5. The summed E-state index contributed by atoms with van der Waals surface area (Å²) in [6, 6.07) is 0. The van der Waals surface area contributed by atoms with Gasteiger partial charge in [0.05, 0.1) is 17.6 Å². The van der Waals surface area contributed by atoms with Gasteiger partial charge in [0.2, 0.25) is 0 Å². The molecule has 78 valence electrons. The van der Waals surface area contributed by atoms with Crippen molar-refractivity contribution in [3.8, 4) is 0 Å². The Hall–Kier alpha value is -0.130. The highest BCUT2D eigenvalue weighted by molar-refractivity contribution is 7.92. The van der Waals surface area contributed by atoms with Gasteiger partial charge in [-0.2, -0.15) is 0 Å². The monoisotopic (exact) mass is 207 g/mol. The smallest absolute Gasteiger partial charge is 0.153 e. The van der Waals surface area contributed by atoms with Crippen molar-refractivity contribution in [3.63, 3.8) is 0 Å². The quantitative estimate of drug-likeness (QED) is 0.538. The minimum Gasteiger partial charge on any atom is -0.302 e. The van der Waals surface area contributed by atoms with Crippen LogP contribution in [0.3, 0.4) is 0 Å². The summed E-state index contributed by atoms with van der Waals surface area (Å²) in [5.41, 5.74) is 2.54. The third kappa shape index (κ3) is 3.25. The van der Waals surface area contributed by atoms with Crippen molar-refractivity contribution in [2.75, 3.05) is 19.4 Å². The fraction of sp³-hybridized carbons (Fsp3) is 1.00. The van der Waals surface area contributed by atoms with E-state index in [2.05, 4.69) is 5.48 Å². The van der Waals surface area contributed by atoms with Crippen LogP contribution in [0.15, 0.2) is 0 Å². The van der Waals surface area contributed by atoms with Crippen LogP contribution in [0.1, 0.15) is 25.7 Å². The molecule has 1 atom stereocenters. The largest absolute Gasteiger partial charge is 0.302 e. The van der Waals surface area contributed by atoms with Crippen molar-refractivity contribution >= 4 is 9.84 Å². The van der Waals surface area contributed by atoms with Gasteiger partial charge >= 0.3 is 0 Å². The van der Waals surface area contributed by atoms with Crippen molar-refractivity contribution in [1.29, 1.82) is 0 Å². The summed E-state index contributed by atoms with van der Waals surface area (Å²) in [6.07, 6.45) is 3.27. The van der Waals surface area contributed by atoms with Gasteiger partial charge in [-0.05, 0) is 19.3 Å². The second-order valence-electron chi connectivity index (χ2n) is 3.33. The maximum Gasteiger partial charge on any atom is 0.153 e. The highest BCUT2D eigenvalue weighted by Crippen LogP contribution is 2.21. The number of hydrogen-bond donors (Lipinski definition) is 1. The van der Waals surface area contributed by atoms with E-state index in [4.69, 9.17) is 4.84 Å². The molecule has 0 saturated carbocycles. The molecule has 0 aromatic carbocycles. The predicted octanol–water partition coefficient (Wildman–Crippen LogP) is 0.495. The molecule has 0 aromatic heterocycles. The Bertz CT molecular complexity index is 238. The van der Waals surface area contributed by atoms with E-state index in [0.29, 0.717) is 18.8 Å². The van der Waals surface area contributed by atoms with Gasteiger partial charge < -0.3 is 4.84 Å². The zero-order valence-corrected chi connectivity index (χ0v) is 8.77. The predicted molar refractivity (Wildman–Crippen MR) is 51.1 cm³/mol. The van der Waals surface area contributed by atoms with Crippen LogP contribution in [0, 0.1) is 0 Å². The van der Waals surface area contributed by atoms with Gasteiger partial charge in [0.1, 0.15) is 0 Å². The molecule has 0 spiro atoms. The molecule has 1 N–H and O–H groups in total. The van der Waals surface area contributed by atoms with Crippen LogP contribution in [0.25, 0.3) is 0 Å². The van der Waals surface area contributed by atoms with Crippen LogP contribution < -0.4 is 5.48 Å². The van der Waals surface area contributed by atoms with Gasteiger partial charge in [0.15, 0.2) is 9.84 Å². The number of hydrogen-bond acceptors (Lipinski definition) is 4. The van der Waals surface area contributed by atoms with Crippen molar-refractivity contribution < 1.29 is 13.3 Å². The molecule has 0 aromatic rings. The van der Waals surface area contributed by atoms with Gasteiger partial charge in [0, 0.05) is 7.05 Å². The van der Waals surface area contributed by atoms with Crippen molar-refractivity contribution in [2.45, 2.75) is 30.9 Å². The van der Waals surface area contributed by atoms with Crippen molar-refractivity contribution in [2.24, 2.45) is 0 Å². The van der Waals surface area contributed by atoms with E-state index in [1.807, 2.05) is 0 Å². The molecule has 1 aliphatic heterocycles. The summed E-state index contributed by atoms with van der Waals surface area (Å²) in [5, 5.41) is -0.172. The first kappa shape index (κ1) is 10.9. The summed E-state index contributed by atoms with van der Waals surface area (Å²) in [6.45, 7) is 0.473. The molecular weight excluding hydrogens is 190 g/mol. The summed E-state index contributed by atoms with van der Waals surface area (Å²) in [5.74, 6) is 0.358. The molecule has 0 radical (unpaired) electrons. The van der Waals surface area contributed by atoms with E-state index in [0.717, 1.165) is 19.3 Å². The number of rotatable bonds is 4. The van der Waals surface area contributed by atoms with E-state index in [9.17, 15) is 8.42 Å². The Kier molecular flexibility index (Phi) is 4.15. The Balaban J connectivity index is 2.38. The Morgan fingerprint density at radius 3 is 2.85 bits per heavy atom. The second kappa shape index (κ2) is 4.93. The molecule has 0 aliphatic carbocycles. The minimum atomic E-state index is -2.81. The zero-order valence-electron chi connectivity index (χ0n) is 7.95.